The molecule has 2 atom stereocenters. The van der Waals surface area contributed by atoms with E-state index in [1.165, 1.54) is 11.8 Å². The van der Waals surface area contributed by atoms with Crippen molar-refractivity contribution in [3.8, 4) is 6.07 Å². The molecule has 0 aliphatic heterocycles. The van der Waals surface area contributed by atoms with E-state index in [1.807, 2.05) is 19.2 Å². The molecule has 1 rings (SSSR count). The second-order valence-electron chi connectivity index (χ2n) is 9.26. The van der Waals surface area contributed by atoms with Gasteiger partial charge in [0.05, 0.1) is 19.1 Å². The van der Waals surface area contributed by atoms with Crippen LogP contribution in [0.1, 0.15) is 57.7 Å². The number of esters is 1. The molecule has 10 nitrogen and oxygen atoms in total. The summed E-state index contributed by atoms with van der Waals surface area (Å²) in [6, 6.07) is 6.80. The number of aryl methyl sites for hydroxylation is 1. The van der Waals surface area contributed by atoms with Gasteiger partial charge in [0.25, 0.3) is 0 Å². The van der Waals surface area contributed by atoms with Gasteiger partial charge in [0.15, 0.2) is 0 Å². The van der Waals surface area contributed by atoms with E-state index in [4.69, 9.17) is 9.47 Å². The Hall–Kier alpha value is -3.26. The van der Waals surface area contributed by atoms with Crippen LogP contribution in [-0.2, 0) is 23.9 Å². The predicted octanol–water partition coefficient (Wildman–Crippen LogP) is 3.10. The lowest BCUT2D eigenvalue weighted by Crippen LogP contribution is -2.53. The number of carbonyl (C=O) groups excluding carboxylic acids is 4. The molecule has 1 aromatic carbocycles. The molecule has 0 radical (unpaired) electrons. The van der Waals surface area contributed by atoms with Gasteiger partial charge in [0.2, 0.25) is 11.8 Å². The molecular weight excluding hydrogens is 496 g/mol. The Morgan fingerprint density at radius 1 is 1.16 bits per heavy atom. The van der Waals surface area contributed by atoms with Crippen LogP contribution in [0.25, 0.3) is 0 Å². The zero-order valence-electron chi connectivity index (χ0n) is 22.5. The molecule has 1 aromatic rings. The highest BCUT2D eigenvalue weighted by atomic mass is 32.2. The molecule has 2 N–H and O–H groups in total. The lowest BCUT2D eigenvalue weighted by atomic mass is 10.0. The van der Waals surface area contributed by atoms with Gasteiger partial charge in [0.1, 0.15) is 24.2 Å². The lowest BCUT2D eigenvalue weighted by molar-refractivity contribution is -0.144. The summed E-state index contributed by atoms with van der Waals surface area (Å²) in [4.78, 5) is 52.4. The third kappa shape index (κ3) is 11.6. The Labute approximate surface area is 223 Å². The molecule has 0 aliphatic rings. The van der Waals surface area contributed by atoms with Crippen molar-refractivity contribution < 1.29 is 28.7 Å². The molecule has 3 amide bonds. The van der Waals surface area contributed by atoms with Crippen LogP contribution in [0, 0.1) is 18.3 Å². The molecule has 0 aromatic heterocycles. The van der Waals surface area contributed by atoms with Crippen molar-refractivity contribution >= 4 is 35.6 Å². The summed E-state index contributed by atoms with van der Waals surface area (Å²) in [5.41, 5.74) is 0.670. The smallest absolute Gasteiger partial charge is 0.408 e. The molecule has 0 saturated heterocycles. The van der Waals surface area contributed by atoms with E-state index < -0.39 is 48.1 Å². The molecule has 2 unspecified atom stereocenters. The largest absolute Gasteiger partial charge is 0.466 e. The van der Waals surface area contributed by atoms with Crippen molar-refractivity contribution in [1.29, 1.82) is 5.26 Å². The summed E-state index contributed by atoms with van der Waals surface area (Å²) < 4.78 is 10.2. The van der Waals surface area contributed by atoms with Crippen molar-refractivity contribution in [3.05, 3.63) is 35.4 Å². The Balaban J connectivity index is 3.31. The Morgan fingerprint density at radius 2 is 1.81 bits per heavy atom. The summed E-state index contributed by atoms with van der Waals surface area (Å²) in [6.45, 7) is 8.54. The highest BCUT2D eigenvalue weighted by Crippen LogP contribution is 2.24. The van der Waals surface area contributed by atoms with Gasteiger partial charge in [-0.2, -0.15) is 17.0 Å². The fourth-order valence-corrected chi connectivity index (χ4v) is 3.83. The standard InChI is InChI=1S/C26H38N4O6S/c1-7-35-21(31)12-15-28-23(32)22(19-10-8-18(2)9-11-19)30(16-14-27)24(33)20(13-17-37-6)29-25(34)36-26(3,4)5/h8-11,20,22H,7,12-13,15-17H2,1-6H3,(H,28,32)(H,29,34). The predicted molar refractivity (Wildman–Crippen MR) is 142 cm³/mol. The number of amides is 3. The van der Waals surface area contributed by atoms with Gasteiger partial charge in [-0.15, -0.1) is 0 Å². The third-order valence-electron chi connectivity index (χ3n) is 5.01. The molecule has 0 heterocycles. The minimum Gasteiger partial charge on any atom is -0.466 e. The number of thioether (sulfide) groups is 1. The maximum Gasteiger partial charge on any atom is 0.408 e. The van der Waals surface area contributed by atoms with Crippen LogP contribution in [0.2, 0.25) is 0 Å². The van der Waals surface area contributed by atoms with Crippen LogP contribution in [0.5, 0.6) is 0 Å². The summed E-state index contributed by atoms with van der Waals surface area (Å²) in [5, 5.41) is 14.8. The molecule has 0 aliphatic carbocycles. The topological polar surface area (TPSA) is 138 Å². The molecule has 0 bridgehead atoms. The van der Waals surface area contributed by atoms with Crippen molar-refractivity contribution in [2.75, 3.05) is 31.7 Å². The summed E-state index contributed by atoms with van der Waals surface area (Å²) in [5.74, 6) is -1.06. The maximum absolute atomic E-state index is 13.7. The number of carbonyl (C=O) groups is 4. The van der Waals surface area contributed by atoms with Gasteiger partial charge in [-0.25, -0.2) is 4.79 Å². The first-order valence-electron chi connectivity index (χ1n) is 12.1. The number of ether oxygens (including phenoxy) is 2. The van der Waals surface area contributed by atoms with Crippen molar-refractivity contribution in [1.82, 2.24) is 15.5 Å². The number of hydrogen-bond acceptors (Lipinski definition) is 8. The van der Waals surface area contributed by atoms with Crippen LogP contribution in [-0.4, -0.2) is 72.1 Å². The average molecular weight is 535 g/mol. The monoisotopic (exact) mass is 534 g/mol. The highest BCUT2D eigenvalue weighted by molar-refractivity contribution is 7.98. The number of nitrogens with one attached hydrogen (secondary N) is 2. The summed E-state index contributed by atoms with van der Waals surface area (Å²) in [6.07, 6.45) is 1.33. The van der Waals surface area contributed by atoms with E-state index in [9.17, 15) is 24.4 Å². The van der Waals surface area contributed by atoms with E-state index >= 15 is 0 Å². The second kappa shape index (κ2) is 15.8. The molecular formula is C26H38N4O6S. The van der Waals surface area contributed by atoms with E-state index in [0.29, 0.717) is 11.3 Å². The fourth-order valence-electron chi connectivity index (χ4n) is 3.35. The van der Waals surface area contributed by atoms with Gasteiger partial charge in [0, 0.05) is 6.54 Å². The van der Waals surface area contributed by atoms with Crippen LogP contribution in [0.4, 0.5) is 4.79 Å². The average Bonchev–Trinajstić information content (AvgIpc) is 2.81. The maximum atomic E-state index is 13.7. The number of rotatable bonds is 13. The minimum atomic E-state index is -1.16. The Bertz CT molecular complexity index is 955. The zero-order valence-corrected chi connectivity index (χ0v) is 23.3. The van der Waals surface area contributed by atoms with E-state index in [0.717, 1.165) is 10.5 Å². The van der Waals surface area contributed by atoms with Crippen LogP contribution >= 0.6 is 11.8 Å². The number of alkyl carbamates (subject to hydrolysis) is 1. The quantitative estimate of drug-likeness (QED) is 0.291. The van der Waals surface area contributed by atoms with Gasteiger partial charge < -0.3 is 25.0 Å². The van der Waals surface area contributed by atoms with Crippen LogP contribution in [0.3, 0.4) is 0 Å². The summed E-state index contributed by atoms with van der Waals surface area (Å²) >= 11 is 1.49. The second-order valence-corrected chi connectivity index (χ2v) is 10.2. The Kier molecular flexibility index (Phi) is 13.5. The third-order valence-corrected chi connectivity index (χ3v) is 5.65. The molecule has 0 saturated carbocycles. The van der Waals surface area contributed by atoms with Crippen molar-refractivity contribution in [2.24, 2.45) is 0 Å². The highest BCUT2D eigenvalue weighted by Gasteiger charge is 2.36. The van der Waals surface area contributed by atoms with Crippen molar-refractivity contribution in [2.45, 2.75) is 65.1 Å². The lowest BCUT2D eigenvalue weighted by Gasteiger charge is -2.33. The van der Waals surface area contributed by atoms with Crippen LogP contribution in [0.15, 0.2) is 24.3 Å². The number of hydrogen-bond donors (Lipinski definition) is 2. The minimum absolute atomic E-state index is 0.000669. The number of nitrogens with zero attached hydrogens (tertiary/aromatic N) is 2. The molecule has 37 heavy (non-hydrogen) atoms. The molecule has 204 valence electrons. The number of nitriles is 1. The van der Waals surface area contributed by atoms with Gasteiger partial charge in [-0.3, -0.25) is 14.4 Å². The van der Waals surface area contributed by atoms with Gasteiger partial charge in [-0.1, -0.05) is 29.8 Å². The van der Waals surface area contributed by atoms with E-state index in [-0.39, 0.29) is 26.0 Å². The fraction of sp³-hybridized carbons (Fsp3) is 0.577. The molecule has 0 fully saturated rings. The van der Waals surface area contributed by atoms with Gasteiger partial charge in [-0.05, 0) is 58.6 Å². The van der Waals surface area contributed by atoms with E-state index in [1.54, 1.807) is 52.0 Å². The molecule has 11 heteroatoms. The van der Waals surface area contributed by atoms with E-state index in [2.05, 4.69) is 10.6 Å². The first-order valence-corrected chi connectivity index (χ1v) is 13.5. The summed E-state index contributed by atoms with van der Waals surface area (Å²) in [7, 11) is 0. The molecule has 0 spiro atoms. The first-order chi connectivity index (χ1) is 17.4. The Morgan fingerprint density at radius 3 is 2.35 bits per heavy atom. The zero-order chi connectivity index (χ0) is 28.0. The normalized spacial score (nSPS) is 12.5. The van der Waals surface area contributed by atoms with Gasteiger partial charge >= 0.3 is 12.1 Å². The number of benzene rings is 1. The van der Waals surface area contributed by atoms with Crippen LogP contribution < -0.4 is 10.6 Å². The van der Waals surface area contributed by atoms with Crippen molar-refractivity contribution in [3.63, 3.8) is 0 Å². The first kappa shape index (κ1) is 31.8. The SMILES string of the molecule is CCOC(=O)CCNC(=O)C(c1ccc(C)cc1)N(CC#N)C(=O)C(CCSC)NC(=O)OC(C)(C)C.